The van der Waals surface area contributed by atoms with E-state index in [0.29, 0.717) is 30.2 Å². The van der Waals surface area contributed by atoms with Gasteiger partial charge in [0.05, 0.1) is 0 Å². The van der Waals surface area contributed by atoms with E-state index in [4.69, 9.17) is 9.47 Å². The number of piperazine rings is 1. The largest absolute Gasteiger partial charge is 0.454 e. The summed E-state index contributed by atoms with van der Waals surface area (Å²) >= 11 is 1.47. The number of hydrogen-bond acceptors (Lipinski definition) is 5. The van der Waals surface area contributed by atoms with Crippen LogP contribution in [-0.4, -0.2) is 36.6 Å². The molecule has 23 heavy (non-hydrogen) atoms. The first-order valence-corrected chi connectivity index (χ1v) is 8.14. The van der Waals surface area contributed by atoms with Crippen molar-refractivity contribution in [3.05, 3.63) is 46.2 Å². The first-order chi connectivity index (χ1) is 11.2. The molecule has 0 spiro atoms. The van der Waals surface area contributed by atoms with Crippen molar-refractivity contribution in [1.29, 1.82) is 0 Å². The maximum Gasteiger partial charge on any atom is 0.255 e. The van der Waals surface area contributed by atoms with E-state index in [2.05, 4.69) is 5.32 Å². The van der Waals surface area contributed by atoms with Crippen molar-refractivity contribution in [2.24, 2.45) is 0 Å². The molecule has 7 heteroatoms. The summed E-state index contributed by atoms with van der Waals surface area (Å²) in [6.07, 6.45) is 0. The van der Waals surface area contributed by atoms with E-state index in [1.807, 2.05) is 17.5 Å². The maximum absolute atomic E-state index is 12.9. The first-order valence-electron chi connectivity index (χ1n) is 7.26. The zero-order chi connectivity index (χ0) is 15.8. The Morgan fingerprint density at radius 3 is 2.96 bits per heavy atom. The predicted molar refractivity (Wildman–Crippen MR) is 83.7 cm³/mol. The normalized spacial score (nSPS) is 19.6. The molecular formula is C16H14N2O4S. The fourth-order valence-corrected chi connectivity index (χ4v) is 3.65. The molecule has 4 rings (SSSR count). The molecule has 2 aromatic rings. The second-order valence-corrected chi connectivity index (χ2v) is 6.25. The van der Waals surface area contributed by atoms with Crippen LogP contribution in [0.4, 0.5) is 0 Å². The lowest BCUT2D eigenvalue weighted by Crippen LogP contribution is -2.51. The fraction of sp³-hybridized carbons (Fsp3) is 0.250. The lowest BCUT2D eigenvalue weighted by Gasteiger charge is -2.34. The fourth-order valence-electron chi connectivity index (χ4n) is 2.81. The Balaban J connectivity index is 1.67. The highest BCUT2D eigenvalue weighted by molar-refractivity contribution is 7.10. The summed E-state index contributed by atoms with van der Waals surface area (Å²) in [6, 6.07) is 8.27. The Morgan fingerprint density at radius 2 is 2.13 bits per heavy atom. The van der Waals surface area contributed by atoms with E-state index in [-0.39, 0.29) is 18.6 Å². The summed E-state index contributed by atoms with van der Waals surface area (Å²) in [5.41, 5.74) is 0.491. The second kappa shape index (κ2) is 5.58. The minimum atomic E-state index is -0.582. The van der Waals surface area contributed by atoms with Gasteiger partial charge in [0.15, 0.2) is 11.5 Å². The van der Waals surface area contributed by atoms with Gasteiger partial charge in [-0.15, -0.1) is 11.3 Å². The Hall–Kier alpha value is -2.54. The van der Waals surface area contributed by atoms with E-state index in [1.54, 1.807) is 23.1 Å². The quantitative estimate of drug-likeness (QED) is 0.911. The molecule has 2 aliphatic heterocycles. The standard InChI is InChI=1S/C16H14N2O4S/c19-15-14(13-2-1-7-23-13)18(6-5-17-15)16(20)10-3-4-11-12(8-10)22-9-21-11/h1-4,7-8,14H,5-6,9H2,(H,17,19)/t14-/m0/s1. The third-order valence-electron chi connectivity index (χ3n) is 3.91. The molecule has 2 amide bonds. The number of benzene rings is 1. The molecule has 1 N–H and O–H groups in total. The number of nitrogens with one attached hydrogen (secondary N) is 1. The number of hydrogen-bond donors (Lipinski definition) is 1. The van der Waals surface area contributed by atoms with Crippen molar-refractivity contribution in [2.45, 2.75) is 6.04 Å². The highest BCUT2D eigenvalue weighted by atomic mass is 32.1. The molecule has 0 saturated carbocycles. The summed E-state index contributed by atoms with van der Waals surface area (Å²) in [7, 11) is 0. The van der Waals surface area contributed by atoms with Crippen molar-refractivity contribution in [3.63, 3.8) is 0 Å². The number of rotatable bonds is 2. The van der Waals surface area contributed by atoms with Gasteiger partial charge in [-0.3, -0.25) is 9.59 Å². The van der Waals surface area contributed by atoms with Crippen LogP contribution < -0.4 is 14.8 Å². The second-order valence-electron chi connectivity index (χ2n) is 5.28. The average Bonchev–Trinajstić information content (AvgIpc) is 3.24. The summed E-state index contributed by atoms with van der Waals surface area (Å²) in [5, 5.41) is 4.73. The zero-order valence-electron chi connectivity index (χ0n) is 12.2. The van der Waals surface area contributed by atoms with Crippen molar-refractivity contribution in [2.75, 3.05) is 19.9 Å². The molecule has 118 valence electrons. The van der Waals surface area contributed by atoms with Crippen LogP contribution in [0, 0.1) is 0 Å². The average molecular weight is 330 g/mol. The number of amides is 2. The molecular weight excluding hydrogens is 316 g/mol. The van der Waals surface area contributed by atoms with Crippen LogP contribution in [0.2, 0.25) is 0 Å². The minimum Gasteiger partial charge on any atom is -0.454 e. The zero-order valence-corrected chi connectivity index (χ0v) is 13.0. The number of ether oxygens (including phenoxy) is 2. The number of nitrogens with zero attached hydrogens (tertiary/aromatic N) is 1. The SMILES string of the molecule is O=C1NCCN(C(=O)c2ccc3c(c2)OCO3)[C@H]1c1cccs1. The van der Waals surface area contributed by atoms with Gasteiger partial charge in [0.1, 0.15) is 6.04 Å². The van der Waals surface area contributed by atoms with Gasteiger partial charge in [0.25, 0.3) is 5.91 Å². The van der Waals surface area contributed by atoms with Gasteiger partial charge in [-0.25, -0.2) is 0 Å². The smallest absolute Gasteiger partial charge is 0.255 e. The van der Waals surface area contributed by atoms with Crippen LogP contribution in [0.25, 0.3) is 0 Å². The van der Waals surface area contributed by atoms with Crippen molar-refractivity contribution >= 4 is 23.2 Å². The maximum atomic E-state index is 12.9. The summed E-state index contributed by atoms with van der Waals surface area (Å²) in [5.74, 6) is 0.863. The highest BCUT2D eigenvalue weighted by Gasteiger charge is 2.35. The van der Waals surface area contributed by atoms with Gasteiger partial charge >= 0.3 is 0 Å². The molecule has 0 bridgehead atoms. The van der Waals surface area contributed by atoms with Crippen molar-refractivity contribution < 1.29 is 19.1 Å². The van der Waals surface area contributed by atoms with Gasteiger partial charge in [-0.2, -0.15) is 0 Å². The van der Waals surface area contributed by atoms with Crippen LogP contribution in [0.5, 0.6) is 11.5 Å². The third-order valence-corrected chi connectivity index (χ3v) is 4.83. The lowest BCUT2D eigenvalue weighted by atomic mass is 10.1. The molecule has 2 aliphatic rings. The van der Waals surface area contributed by atoms with E-state index in [1.165, 1.54) is 11.3 Å². The Labute approximate surface area is 136 Å². The minimum absolute atomic E-state index is 0.146. The van der Waals surface area contributed by atoms with Crippen LogP contribution >= 0.6 is 11.3 Å². The van der Waals surface area contributed by atoms with E-state index >= 15 is 0 Å². The lowest BCUT2D eigenvalue weighted by molar-refractivity contribution is -0.127. The van der Waals surface area contributed by atoms with Crippen LogP contribution in [0.15, 0.2) is 35.7 Å². The van der Waals surface area contributed by atoms with Crippen molar-refractivity contribution in [1.82, 2.24) is 10.2 Å². The number of fused-ring (bicyclic) bond motifs is 1. The molecule has 0 aliphatic carbocycles. The van der Waals surface area contributed by atoms with E-state index in [9.17, 15) is 9.59 Å². The molecule has 1 saturated heterocycles. The summed E-state index contributed by atoms with van der Waals surface area (Å²) in [4.78, 5) is 27.7. The van der Waals surface area contributed by atoms with E-state index in [0.717, 1.165) is 4.88 Å². The highest BCUT2D eigenvalue weighted by Crippen LogP contribution is 2.34. The Morgan fingerprint density at radius 1 is 1.26 bits per heavy atom. The van der Waals surface area contributed by atoms with Crippen LogP contribution in [0.3, 0.4) is 0 Å². The molecule has 0 radical (unpaired) electrons. The molecule has 1 aromatic carbocycles. The van der Waals surface area contributed by atoms with Gasteiger partial charge in [-0.1, -0.05) is 6.07 Å². The molecule has 1 aromatic heterocycles. The first kappa shape index (κ1) is 14.1. The number of carbonyl (C=O) groups excluding carboxylic acids is 2. The van der Waals surface area contributed by atoms with Gasteiger partial charge in [-0.05, 0) is 29.6 Å². The van der Waals surface area contributed by atoms with Gasteiger partial charge < -0.3 is 19.7 Å². The van der Waals surface area contributed by atoms with Crippen molar-refractivity contribution in [3.8, 4) is 11.5 Å². The monoisotopic (exact) mass is 330 g/mol. The topological polar surface area (TPSA) is 67.9 Å². The number of thiophene rings is 1. The Bertz CT molecular complexity index is 759. The predicted octanol–water partition coefficient (Wildman–Crippen LogP) is 1.79. The molecule has 0 unspecified atom stereocenters. The van der Waals surface area contributed by atoms with Crippen LogP contribution in [-0.2, 0) is 4.79 Å². The number of carbonyl (C=O) groups is 2. The van der Waals surface area contributed by atoms with Gasteiger partial charge in [0.2, 0.25) is 12.7 Å². The Kier molecular flexibility index (Phi) is 3.42. The summed E-state index contributed by atoms with van der Waals surface area (Å²) in [6.45, 7) is 1.09. The third kappa shape index (κ3) is 2.43. The molecule has 1 fully saturated rings. The molecule has 6 nitrogen and oxygen atoms in total. The van der Waals surface area contributed by atoms with Crippen LogP contribution in [0.1, 0.15) is 21.3 Å². The summed E-state index contributed by atoms with van der Waals surface area (Å²) < 4.78 is 10.6. The molecule has 1 atom stereocenters. The van der Waals surface area contributed by atoms with E-state index < -0.39 is 6.04 Å². The molecule has 3 heterocycles. The van der Waals surface area contributed by atoms with Gasteiger partial charge in [0, 0.05) is 23.5 Å².